The van der Waals surface area contributed by atoms with Gasteiger partial charge in [0.25, 0.3) is 0 Å². The van der Waals surface area contributed by atoms with Crippen molar-refractivity contribution in [2.75, 3.05) is 79.3 Å². The Balaban J connectivity index is 3.10. The first-order valence-corrected chi connectivity index (χ1v) is 11.6. The molecule has 0 fully saturated rings. The van der Waals surface area contributed by atoms with Crippen molar-refractivity contribution in [2.45, 2.75) is 65.4 Å². The molecule has 0 heterocycles. The van der Waals surface area contributed by atoms with Crippen LogP contribution in [-0.4, -0.2) is 90.9 Å². The number of carbonyl (C=O) groups excluding carboxylic acids is 1. The first-order valence-electron chi connectivity index (χ1n) is 11.6. The van der Waals surface area contributed by atoms with E-state index in [1.807, 2.05) is 20.8 Å². The average Bonchev–Trinajstić information content (AvgIpc) is 2.70. The largest absolute Gasteiger partial charge is 0.460 e. The molecule has 0 aromatic carbocycles. The van der Waals surface area contributed by atoms with Crippen molar-refractivity contribution in [1.82, 2.24) is 0 Å². The van der Waals surface area contributed by atoms with Crippen LogP contribution in [0.2, 0.25) is 0 Å². The molecule has 0 atom stereocenters. The van der Waals surface area contributed by atoms with Crippen molar-refractivity contribution >= 4 is 5.97 Å². The number of rotatable bonds is 23. The number of ether oxygens (including phenoxy) is 7. The molecule has 31 heavy (non-hydrogen) atoms. The second-order valence-corrected chi connectivity index (χ2v) is 8.07. The first kappa shape index (κ1) is 30.2. The second kappa shape index (κ2) is 22.4. The molecule has 0 unspecified atom stereocenters. The van der Waals surface area contributed by atoms with E-state index in [0.717, 1.165) is 13.0 Å². The topological polar surface area (TPSA) is 81.7 Å². The summed E-state index contributed by atoms with van der Waals surface area (Å²) in [5.74, 6) is -0.252. The molecule has 8 heteroatoms. The smallest absolute Gasteiger partial charge is 0.308 e. The Hall–Kier alpha value is -0.770. The molecule has 0 aromatic heterocycles. The SMILES string of the molecule is CCCCCCOCCOCCOCCOCCOCCOCCC(=O)OC(C)(C)C. The minimum absolute atomic E-state index is 0.248. The van der Waals surface area contributed by atoms with Crippen molar-refractivity contribution in [3.63, 3.8) is 0 Å². The van der Waals surface area contributed by atoms with Gasteiger partial charge in [-0.25, -0.2) is 0 Å². The van der Waals surface area contributed by atoms with Gasteiger partial charge in [-0.05, 0) is 27.2 Å². The van der Waals surface area contributed by atoms with Gasteiger partial charge in [0.05, 0.1) is 79.1 Å². The zero-order valence-corrected chi connectivity index (χ0v) is 20.3. The van der Waals surface area contributed by atoms with Crippen LogP contribution in [0.5, 0.6) is 0 Å². The van der Waals surface area contributed by atoms with Gasteiger partial charge in [-0.3, -0.25) is 4.79 Å². The van der Waals surface area contributed by atoms with E-state index in [9.17, 15) is 4.79 Å². The van der Waals surface area contributed by atoms with Crippen molar-refractivity contribution in [3.05, 3.63) is 0 Å². The molecule has 0 radical (unpaired) electrons. The molecule has 0 saturated heterocycles. The Morgan fingerprint density at radius 1 is 0.548 bits per heavy atom. The molecular weight excluding hydrogens is 404 g/mol. The number of unbranched alkanes of at least 4 members (excludes halogenated alkanes) is 3. The van der Waals surface area contributed by atoms with E-state index in [1.165, 1.54) is 19.3 Å². The van der Waals surface area contributed by atoms with Gasteiger partial charge in [-0.2, -0.15) is 0 Å². The van der Waals surface area contributed by atoms with Crippen LogP contribution in [0.4, 0.5) is 0 Å². The van der Waals surface area contributed by atoms with Gasteiger partial charge in [0.15, 0.2) is 0 Å². The highest BCUT2D eigenvalue weighted by Crippen LogP contribution is 2.08. The summed E-state index contributed by atoms with van der Waals surface area (Å²) in [5.41, 5.74) is -0.457. The maximum Gasteiger partial charge on any atom is 0.308 e. The van der Waals surface area contributed by atoms with Crippen LogP contribution in [0.15, 0.2) is 0 Å². The van der Waals surface area contributed by atoms with E-state index in [0.29, 0.717) is 72.7 Å². The molecule has 0 bridgehead atoms. The van der Waals surface area contributed by atoms with Crippen molar-refractivity contribution < 1.29 is 38.0 Å². The Morgan fingerprint density at radius 3 is 1.32 bits per heavy atom. The highest BCUT2D eigenvalue weighted by atomic mass is 16.6. The van der Waals surface area contributed by atoms with E-state index in [2.05, 4.69) is 6.92 Å². The molecule has 0 rings (SSSR count). The van der Waals surface area contributed by atoms with Crippen molar-refractivity contribution in [2.24, 2.45) is 0 Å². The molecule has 0 aromatic rings. The summed E-state index contributed by atoms with van der Waals surface area (Å²) >= 11 is 0. The molecule has 8 nitrogen and oxygen atoms in total. The van der Waals surface area contributed by atoms with Crippen LogP contribution in [0, 0.1) is 0 Å². The lowest BCUT2D eigenvalue weighted by molar-refractivity contribution is -0.156. The zero-order chi connectivity index (χ0) is 23.0. The minimum atomic E-state index is -0.457. The average molecular weight is 451 g/mol. The summed E-state index contributed by atoms with van der Waals surface area (Å²) in [5, 5.41) is 0. The number of hydrogen-bond donors (Lipinski definition) is 0. The van der Waals surface area contributed by atoms with Crippen LogP contribution in [0.3, 0.4) is 0 Å². The molecule has 0 amide bonds. The predicted octanol–water partition coefficient (Wildman–Crippen LogP) is 3.40. The van der Waals surface area contributed by atoms with E-state index in [-0.39, 0.29) is 12.4 Å². The third-order valence-corrected chi connectivity index (χ3v) is 3.87. The summed E-state index contributed by atoms with van der Waals surface area (Å²) in [6, 6.07) is 0. The molecule has 0 aliphatic carbocycles. The molecule has 0 aliphatic rings. The first-order chi connectivity index (χ1) is 15.0. The fourth-order valence-electron chi connectivity index (χ4n) is 2.38. The second-order valence-electron chi connectivity index (χ2n) is 8.07. The fourth-order valence-corrected chi connectivity index (χ4v) is 2.38. The maximum absolute atomic E-state index is 11.5. The molecule has 0 N–H and O–H groups in total. The minimum Gasteiger partial charge on any atom is -0.460 e. The van der Waals surface area contributed by atoms with Gasteiger partial charge in [0.1, 0.15) is 5.60 Å². The molecule has 0 spiro atoms. The van der Waals surface area contributed by atoms with Gasteiger partial charge in [0, 0.05) is 6.61 Å². The third-order valence-electron chi connectivity index (χ3n) is 3.87. The van der Waals surface area contributed by atoms with Crippen molar-refractivity contribution in [1.29, 1.82) is 0 Å². The standard InChI is InChI=1S/C23H46O8/c1-5-6-7-8-10-25-12-14-27-16-18-29-20-21-30-19-17-28-15-13-26-11-9-22(24)31-23(2,3)4/h5-21H2,1-4H3. The van der Waals surface area contributed by atoms with Crippen LogP contribution in [-0.2, 0) is 38.0 Å². The Labute approximate surface area is 189 Å². The van der Waals surface area contributed by atoms with Crippen molar-refractivity contribution in [3.8, 4) is 0 Å². The lowest BCUT2D eigenvalue weighted by Gasteiger charge is -2.19. The van der Waals surface area contributed by atoms with Crippen LogP contribution < -0.4 is 0 Å². The van der Waals surface area contributed by atoms with E-state index in [1.54, 1.807) is 0 Å². The maximum atomic E-state index is 11.5. The van der Waals surface area contributed by atoms with Crippen LogP contribution in [0.25, 0.3) is 0 Å². The quantitative estimate of drug-likeness (QED) is 0.173. The van der Waals surface area contributed by atoms with Crippen LogP contribution >= 0.6 is 0 Å². The molecule has 0 aliphatic heterocycles. The highest BCUT2D eigenvalue weighted by Gasteiger charge is 2.15. The van der Waals surface area contributed by atoms with Gasteiger partial charge in [-0.15, -0.1) is 0 Å². The van der Waals surface area contributed by atoms with E-state index >= 15 is 0 Å². The number of carbonyl (C=O) groups is 1. The summed E-state index contributed by atoms with van der Waals surface area (Å²) in [7, 11) is 0. The molecular formula is C23H46O8. The number of esters is 1. The Morgan fingerprint density at radius 2 is 0.935 bits per heavy atom. The lowest BCUT2D eigenvalue weighted by atomic mass is 10.2. The van der Waals surface area contributed by atoms with E-state index < -0.39 is 5.60 Å². The third kappa shape index (κ3) is 27.2. The number of hydrogen-bond acceptors (Lipinski definition) is 8. The highest BCUT2D eigenvalue weighted by molar-refractivity contribution is 5.69. The van der Waals surface area contributed by atoms with Gasteiger partial charge in [0.2, 0.25) is 0 Å². The monoisotopic (exact) mass is 450 g/mol. The zero-order valence-electron chi connectivity index (χ0n) is 20.3. The van der Waals surface area contributed by atoms with Gasteiger partial charge >= 0.3 is 5.97 Å². The lowest BCUT2D eigenvalue weighted by Crippen LogP contribution is -2.24. The summed E-state index contributed by atoms with van der Waals surface area (Å²) in [6.45, 7) is 14.2. The molecule has 0 saturated carbocycles. The molecule has 186 valence electrons. The summed E-state index contributed by atoms with van der Waals surface area (Å²) < 4.78 is 37.8. The Kier molecular flexibility index (Phi) is 21.9. The van der Waals surface area contributed by atoms with Gasteiger partial charge in [-0.1, -0.05) is 26.2 Å². The Bertz CT molecular complexity index is 384. The van der Waals surface area contributed by atoms with E-state index in [4.69, 9.17) is 33.2 Å². The predicted molar refractivity (Wildman–Crippen MR) is 120 cm³/mol. The summed E-state index contributed by atoms with van der Waals surface area (Å²) in [6.07, 6.45) is 5.15. The fraction of sp³-hybridized carbons (Fsp3) is 0.957. The van der Waals surface area contributed by atoms with Crippen LogP contribution in [0.1, 0.15) is 59.8 Å². The van der Waals surface area contributed by atoms with Gasteiger partial charge < -0.3 is 33.2 Å². The normalized spacial score (nSPS) is 11.7. The summed E-state index contributed by atoms with van der Waals surface area (Å²) in [4.78, 5) is 11.5.